The lowest BCUT2D eigenvalue weighted by Gasteiger charge is -2.18. The summed E-state index contributed by atoms with van der Waals surface area (Å²) in [6, 6.07) is 1.43. The van der Waals surface area contributed by atoms with Crippen LogP contribution >= 0.6 is 0 Å². The molecule has 0 aromatic carbocycles. The second-order valence-corrected chi connectivity index (χ2v) is 9.07. The number of sulfonamides is 1. The molecule has 0 amide bonds. The molecule has 1 fully saturated rings. The van der Waals surface area contributed by atoms with Crippen LogP contribution in [0.15, 0.2) is 10.6 Å². The Bertz CT molecular complexity index is 751. The van der Waals surface area contributed by atoms with E-state index in [2.05, 4.69) is 5.16 Å². The largest absolute Gasteiger partial charge is 0.481 e. The molecule has 142 valence electrons. The molecule has 0 saturated carbocycles. The van der Waals surface area contributed by atoms with Crippen LogP contribution in [0.1, 0.15) is 32.2 Å². The van der Waals surface area contributed by atoms with E-state index in [1.165, 1.54) is 6.07 Å². The molecule has 1 aliphatic rings. The summed E-state index contributed by atoms with van der Waals surface area (Å²) in [6.45, 7) is 3.87. The molecule has 25 heavy (non-hydrogen) atoms. The van der Waals surface area contributed by atoms with Gasteiger partial charge in [-0.25, -0.2) is 12.7 Å². The first-order valence-corrected chi connectivity index (χ1v) is 9.06. The van der Waals surface area contributed by atoms with Crippen LogP contribution in [0.2, 0.25) is 0 Å². The number of hydrogen-bond donors (Lipinski definition) is 1. The zero-order valence-electron chi connectivity index (χ0n) is 13.9. The molecule has 11 heteroatoms. The summed E-state index contributed by atoms with van der Waals surface area (Å²) in [5, 5.41) is 12.6. The van der Waals surface area contributed by atoms with Gasteiger partial charge in [0, 0.05) is 24.6 Å². The third-order valence-electron chi connectivity index (χ3n) is 4.05. The lowest BCUT2D eigenvalue weighted by Crippen LogP contribution is -2.34. The van der Waals surface area contributed by atoms with Crippen molar-refractivity contribution >= 4 is 16.0 Å². The maximum atomic E-state index is 13.0. The number of carboxylic acid groups (broad SMARTS) is 1. The fourth-order valence-corrected chi connectivity index (χ4v) is 4.06. The standard InChI is InChI=1S/C14H19F3N2O5S/c1-13(2,3)11-4-8(18-24-11)7-25(22,23)19-5-9(12(20)21)10(6-19)14(15,16)17/h4,9-10H,5-7H2,1-3H3,(H,20,21)/t9-,10-/m1/s1. The topological polar surface area (TPSA) is 101 Å². The van der Waals surface area contributed by atoms with Gasteiger partial charge in [0.1, 0.15) is 17.2 Å². The van der Waals surface area contributed by atoms with E-state index < -0.39 is 58.3 Å². The average molecular weight is 384 g/mol. The average Bonchev–Trinajstić information content (AvgIpc) is 3.02. The quantitative estimate of drug-likeness (QED) is 0.852. The Morgan fingerprint density at radius 1 is 1.36 bits per heavy atom. The van der Waals surface area contributed by atoms with Crippen molar-refractivity contribution in [1.82, 2.24) is 9.46 Å². The van der Waals surface area contributed by atoms with Crippen LogP contribution in [0.25, 0.3) is 0 Å². The molecular formula is C14H19F3N2O5S. The molecule has 7 nitrogen and oxygen atoms in total. The van der Waals surface area contributed by atoms with E-state index >= 15 is 0 Å². The summed E-state index contributed by atoms with van der Waals surface area (Å²) in [7, 11) is -4.16. The van der Waals surface area contributed by atoms with Gasteiger partial charge in [-0.3, -0.25) is 4.79 Å². The molecule has 0 bridgehead atoms. The minimum atomic E-state index is -4.79. The van der Waals surface area contributed by atoms with Gasteiger partial charge >= 0.3 is 12.1 Å². The van der Waals surface area contributed by atoms with E-state index in [-0.39, 0.29) is 5.69 Å². The Kier molecular flexibility index (Phi) is 4.94. The van der Waals surface area contributed by atoms with E-state index in [9.17, 15) is 26.4 Å². The first-order valence-electron chi connectivity index (χ1n) is 7.45. The van der Waals surface area contributed by atoms with Gasteiger partial charge in [0.25, 0.3) is 0 Å². The number of carbonyl (C=O) groups is 1. The van der Waals surface area contributed by atoms with Crippen molar-refractivity contribution in [1.29, 1.82) is 0 Å². The van der Waals surface area contributed by atoms with Crippen molar-refractivity contribution in [3.8, 4) is 0 Å². The van der Waals surface area contributed by atoms with Gasteiger partial charge in [0.2, 0.25) is 10.0 Å². The first-order chi connectivity index (χ1) is 11.2. The summed E-state index contributed by atoms with van der Waals surface area (Å²) >= 11 is 0. The third-order valence-corrected chi connectivity index (χ3v) is 5.79. The number of aromatic nitrogens is 1. The van der Waals surface area contributed by atoms with Crippen LogP contribution in [-0.2, 0) is 26.0 Å². The van der Waals surface area contributed by atoms with Gasteiger partial charge in [-0.1, -0.05) is 25.9 Å². The number of alkyl halides is 3. The van der Waals surface area contributed by atoms with E-state index in [1.807, 2.05) is 20.8 Å². The molecule has 0 spiro atoms. The molecule has 2 atom stereocenters. The first kappa shape index (κ1) is 19.7. The van der Waals surface area contributed by atoms with Crippen LogP contribution < -0.4 is 0 Å². The molecule has 2 heterocycles. The summed E-state index contributed by atoms with van der Waals surface area (Å²) < 4.78 is 69.3. The van der Waals surface area contributed by atoms with Crippen molar-refractivity contribution in [3.63, 3.8) is 0 Å². The zero-order chi connectivity index (χ0) is 19.2. The highest BCUT2D eigenvalue weighted by atomic mass is 32.2. The van der Waals surface area contributed by atoms with Crippen molar-refractivity contribution in [3.05, 3.63) is 17.5 Å². The van der Waals surface area contributed by atoms with Crippen LogP contribution in [0.3, 0.4) is 0 Å². The van der Waals surface area contributed by atoms with Crippen LogP contribution in [-0.4, -0.2) is 48.2 Å². The van der Waals surface area contributed by atoms with Gasteiger partial charge < -0.3 is 9.63 Å². The zero-order valence-corrected chi connectivity index (χ0v) is 14.7. The van der Waals surface area contributed by atoms with E-state index in [1.54, 1.807) is 0 Å². The van der Waals surface area contributed by atoms with E-state index in [0.717, 1.165) is 0 Å². The van der Waals surface area contributed by atoms with Crippen LogP contribution in [0.5, 0.6) is 0 Å². The van der Waals surface area contributed by atoms with Gasteiger partial charge in [-0.15, -0.1) is 0 Å². The molecule has 1 N–H and O–H groups in total. The number of carboxylic acids is 1. The van der Waals surface area contributed by atoms with Crippen LogP contribution in [0, 0.1) is 11.8 Å². The van der Waals surface area contributed by atoms with Crippen molar-refractivity contribution in [2.24, 2.45) is 11.8 Å². The number of nitrogens with zero attached hydrogens (tertiary/aromatic N) is 2. The molecule has 0 aliphatic carbocycles. The number of hydrogen-bond acceptors (Lipinski definition) is 5. The van der Waals surface area contributed by atoms with Gasteiger partial charge in [-0.05, 0) is 0 Å². The fourth-order valence-electron chi connectivity index (χ4n) is 2.59. The van der Waals surface area contributed by atoms with Gasteiger partial charge in [-0.2, -0.15) is 13.2 Å². The number of aliphatic carboxylic acids is 1. The van der Waals surface area contributed by atoms with Crippen molar-refractivity contribution in [2.75, 3.05) is 13.1 Å². The third kappa shape index (κ3) is 4.32. The maximum absolute atomic E-state index is 13.0. The van der Waals surface area contributed by atoms with Crippen LogP contribution in [0.4, 0.5) is 13.2 Å². The molecular weight excluding hydrogens is 365 g/mol. The molecule has 1 saturated heterocycles. The Morgan fingerprint density at radius 2 is 1.96 bits per heavy atom. The predicted molar refractivity (Wildman–Crippen MR) is 80.1 cm³/mol. The van der Waals surface area contributed by atoms with E-state index in [4.69, 9.17) is 9.63 Å². The summed E-state index contributed by atoms with van der Waals surface area (Å²) in [5.74, 6) is -5.93. The smallest absolute Gasteiger partial charge is 0.393 e. The van der Waals surface area contributed by atoms with Gasteiger partial charge in [0.15, 0.2) is 0 Å². The lowest BCUT2D eigenvalue weighted by molar-refractivity contribution is -0.187. The minimum Gasteiger partial charge on any atom is -0.481 e. The summed E-state index contributed by atoms with van der Waals surface area (Å²) in [5.41, 5.74) is -0.342. The Labute approximate surface area is 142 Å². The molecule has 2 rings (SSSR count). The summed E-state index contributed by atoms with van der Waals surface area (Å²) in [4.78, 5) is 11.1. The SMILES string of the molecule is CC(C)(C)c1cc(CS(=O)(=O)N2C[C@@H](C(F)(F)F)[C@H](C(=O)O)C2)no1. The molecule has 0 radical (unpaired) electrons. The molecule has 1 aromatic heterocycles. The minimum absolute atomic E-state index is 0.0623. The normalized spacial score (nSPS) is 23.1. The Hall–Kier alpha value is -1.62. The fraction of sp³-hybridized carbons (Fsp3) is 0.714. The highest BCUT2D eigenvalue weighted by Gasteiger charge is 2.54. The van der Waals surface area contributed by atoms with E-state index in [0.29, 0.717) is 10.1 Å². The second-order valence-electron chi connectivity index (χ2n) is 7.10. The van der Waals surface area contributed by atoms with Crippen molar-refractivity contribution < 1.29 is 36.0 Å². The Morgan fingerprint density at radius 3 is 2.36 bits per heavy atom. The maximum Gasteiger partial charge on any atom is 0.393 e. The number of rotatable bonds is 4. The monoisotopic (exact) mass is 384 g/mol. The lowest BCUT2D eigenvalue weighted by atomic mass is 9.93. The van der Waals surface area contributed by atoms with Gasteiger partial charge in [0.05, 0.1) is 11.8 Å². The highest BCUT2D eigenvalue weighted by Crippen LogP contribution is 2.39. The highest BCUT2D eigenvalue weighted by molar-refractivity contribution is 7.88. The Balaban J connectivity index is 2.20. The molecule has 0 unspecified atom stereocenters. The predicted octanol–water partition coefficient (Wildman–Crippen LogP) is 2.00. The molecule has 1 aliphatic heterocycles. The second kappa shape index (κ2) is 6.27. The number of halogens is 3. The van der Waals surface area contributed by atoms with Crippen molar-refractivity contribution in [2.45, 2.75) is 38.1 Å². The molecule has 1 aromatic rings. The summed E-state index contributed by atoms with van der Waals surface area (Å²) in [6.07, 6.45) is -4.79.